The maximum atomic E-state index is 13.6. The van der Waals surface area contributed by atoms with E-state index < -0.39 is 15.8 Å². The maximum Gasteiger partial charge on any atom is 0.243 e. The molecule has 6 heteroatoms. The monoisotopic (exact) mass is 298 g/mol. The minimum absolute atomic E-state index is 0.242. The van der Waals surface area contributed by atoms with Gasteiger partial charge in [0.25, 0.3) is 0 Å². The van der Waals surface area contributed by atoms with Gasteiger partial charge in [-0.3, -0.25) is 0 Å². The van der Waals surface area contributed by atoms with E-state index in [-0.39, 0.29) is 10.6 Å². The first-order valence-corrected chi connectivity index (χ1v) is 8.49. The zero-order valence-corrected chi connectivity index (χ0v) is 12.0. The zero-order valence-electron chi connectivity index (χ0n) is 11.2. The van der Waals surface area contributed by atoms with E-state index in [1.807, 2.05) is 0 Å². The summed E-state index contributed by atoms with van der Waals surface area (Å²) in [4.78, 5) is -0.361. The second-order valence-electron chi connectivity index (χ2n) is 5.98. The summed E-state index contributed by atoms with van der Waals surface area (Å²) in [5.41, 5.74) is 5.78. The van der Waals surface area contributed by atoms with Crippen LogP contribution >= 0.6 is 0 Å². The van der Waals surface area contributed by atoms with Gasteiger partial charge in [-0.05, 0) is 55.2 Å². The van der Waals surface area contributed by atoms with Crippen LogP contribution in [0, 0.1) is 23.6 Å². The number of nitrogens with two attached hydrogens (primary N) is 1. The van der Waals surface area contributed by atoms with Crippen molar-refractivity contribution < 1.29 is 12.8 Å². The first kappa shape index (κ1) is 13.8. The van der Waals surface area contributed by atoms with E-state index in [1.165, 1.54) is 31.4 Å². The summed E-state index contributed by atoms with van der Waals surface area (Å²) in [7, 11) is -3.82. The van der Waals surface area contributed by atoms with E-state index in [2.05, 4.69) is 4.72 Å². The fraction of sp³-hybridized carbons (Fsp3) is 0.571. The van der Waals surface area contributed by atoms with Crippen molar-refractivity contribution in [3.63, 3.8) is 0 Å². The van der Waals surface area contributed by atoms with Crippen LogP contribution in [0.25, 0.3) is 0 Å². The van der Waals surface area contributed by atoms with E-state index in [4.69, 9.17) is 5.73 Å². The summed E-state index contributed by atoms with van der Waals surface area (Å²) >= 11 is 0. The number of nitrogens with one attached hydrogen (secondary N) is 1. The zero-order chi connectivity index (χ0) is 14.3. The molecule has 4 nitrogen and oxygen atoms in total. The number of sulfonamides is 1. The molecule has 1 aromatic rings. The lowest BCUT2D eigenvalue weighted by atomic mass is 9.89. The van der Waals surface area contributed by atoms with Crippen molar-refractivity contribution in [2.24, 2.45) is 17.8 Å². The lowest BCUT2D eigenvalue weighted by Gasteiger charge is -2.21. The predicted octanol–water partition coefficient (Wildman–Crippen LogP) is 2.12. The Morgan fingerprint density at radius 3 is 2.75 bits per heavy atom. The van der Waals surface area contributed by atoms with Gasteiger partial charge in [-0.15, -0.1) is 0 Å². The van der Waals surface area contributed by atoms with Crippen LogP contribution in [0.4, 0.5) is 10.1 Å². The molecule has 20 heavy (non-hydrogen) atoms. The van der Waals surface area contributed by atoms with E-state index in [0.29, 0.717) is 18.4 Å². The van der Waals surface area contributed by atoms with Crippen molar-refractivity contribution in [1.82, 2.24) is 4.72 Å². The summed E-state index contributed by atoms with van der Waals surface area (Å²) in [6, 6.07) is 3.60. The highest BCUT2D eigenvalue weighted by atomic mass is 32.2. The minimum Gasteiger partial charge on any atom is -0.399 e. The van der Waals surface area contributed by atoms with Crippen molar-refractivity contribution in [3.05, 3.63) is 24.0 Å². The van der Waals surface area contributed by atoms with Crippen LogP contribution in [-0.2, 0) is 10.0 Å². The summed E-state index contributed by atoms with van der Waals surface area (Å²) in [6.45, 7) is 0.401. The largest absolute Gasteiger partial charge is 0.399 e. The smallest absolute Gasteiger partial charge is 0.243 e. The standard InChI is InChI=1S/C14H19FN2O2S/c15-13-4-3-12(16)7-14(13)20(18,19)17-8-11-6-9-1-2-10(11)5-9/h3-4,7,9-11,17H,1-2,5-6,8,16H2. The van der Waals surface area contributed by atoms with Gasteiger partial charge in [-0.2, -0.15) is 0 Å². The average Bonchev–Trinajstić information content (AvgIpc) is 3.01. The average molecular weight is 298 g/mol. The van der Waals surface area contributed by atoms with Crippen molar-refractivity contribution in [2.45, 2.75) is 30.6 Å². The molecular formula is C14H19FN2O2S. The molecule has 3 unspecified atom stereocenters. The topological polar surface area (TPSA) is 72.2 Å². The molecule has 0 spiro atoms. The Balaban J connectivity index is 1.71. The number of benzene rings is 1. The first-order chi connectivity index (χ1) is 9.45. The third-order valence-electron chi connectivity index (χ3n) is 4.66. The molecular weight excluding hydrogens is 279 g/mol. The molecule has 0 aromatic heterocycles. The summed E-state index contributed by atoms with van der Waals surface area (Å²) < 4.78 is 40.5. The van der Waals surface area contributed by atoms with Crippen LogP contribution < -0.4 is 10.5 Å². The number of nitrogen functional groups attached to an aromatic ring is 1. The highest BCUT2D eigenvalue weighted by molar-refractivity contribution is 7.89. The lowest BCUT2D eigenvalue weighted by Crippen LogP contribution is -2.32. The second kappa shape index (κ2) is 5.00. The van der Waals surface area contributed by atoms with Crippen molar-refractivity contribution in [1.29, 1.82) is 0 Å². The van der Waals surface area contributed by atoms with E-state index in [9.17, 15) is 12.8 Å². The molecule has 2 bridgehead atoms. The molecule has 0 aliphatic heterocycles. The molecule has 3 atom stereocenters. The Morgan fingerprint density at radius 2 is 2.10 bits per heavy atom. The Morgan fingerprint density at radius 1 is 1.30 bits per heavy atom. The van der Waals surface area contributed by atoms with Crippen LogP contribution in [0.3, 0.4) is 0 Å². The number of halogens is 1. The Labute approximate surface area is 118 Å². The molecule has 110 valence electrons. The van der Waals surface area contributed by atoms with E-state index >= 15 is 0 Å². The number of hydrogen-bond acceptors (Lipinski definition) is 3. The Hall–Kier alpha value is -1.14. The molecule has 0 amide bonds. The SMILES string of the molecule is Nc1ccc(F)c(S(=O)(=O)NCC2CC3CCC2C3)c1. The summed E-state index contributed by atoms with van der Waals surface area (Å²) in [5.74, 6) is 1.03. The molecule has 0 saturated heterocycles. The number of hydrogen-bond donors (Lipinski definition) is 2. The minimum atomic E-state index is -3.82. The molecule has 2 aliphatic carbocycles. The van der Waals surface area contributed by atoms with Crippen LogP contribution in [0.1, 0.15) is 25.7 Å². The quantitative estimate of drug-likeness (QED) is 0.836. The highest BCUT2D eigenvalue weighted by Crippen LogP contribution is 2.48. The highest BCUT2D eigenvalue weighted by Gasteiger charge is 2.39. The van der Waals surface area contributed by atoms with Gasteiger partial charge in [0.2, 0.25) is 10.0 Å². The van der Waals surface area contributed by atoms with Crippen LogP contribution in [-0.4, -0.2) is 15.0 Å². The number of rotatable bonds is 4. The number of anilines is 1. The van der Waals surface area contributed by atoms with Gasteiger partial charge in [-0.25, -0.2) is 17.5 Å². The van der Waals surface area contributed by atoms with Gasteiger partial charge >= 0.3 is 0 Å². The van der Waals surface area contributed by atoms with Gasteiger partial charge in [0.15, 0.2) is 0 Å². The lowest BCUT2D eigenvalue weighted by molar-refractivity contribution is 0.332. The molecule has 0 radical (unpaired) electrons. The number of fused-ring (bicyclic) bond motifs is 2. The van der Waals surface area contributed by atoms with Crippen molar-refractivity contribution in [3.8, 4) is 0 Å². The second-order valence-corrected chi connectivity index (χ2v) is 7.71. The van der Waals surface area contributed by atoms with E-state index in [1.54, 1.807) is 0 Å². The molecule has 0 heterocycles. The molecule has 2 aliphatic rings. The molecule has 3 N–H and O–H groups in total. The van der Waals surface area contributed by atoms with Crippen molar-refractivity contribution >= 4 is 15.7 Å². The van der Waals surface area contributed by atoms with Crippen LogP contribution in [0.15, 0.2) is 23.1 Å². The summed E-state index contributed by atoms with van der Waals surface area (Å²) in [6.07, 6.45) is 4.78. The molecule has 2 fully saturated rings. The molecule has 1 aromatic carbocycles. The maximum absolute atomic E-state index is 13.6. The normalized spacial score (nSPS) is 28.9. The Bertz CT molecular complexity index is 618. The molecule has 2 saturated carbocycles. The molecule has 3 rings (SSSR count). The van der Waals surface area contributed by atoms with E-state index in [0.717, 1.165) is 18.4 Å². The summed E-state index contributed by atoms with van der Waals surface area (Å²) in [5, 5.41) is 0. The van der Waals surface area contributed by atoms with Crippen LogP contribution in [0.2, 0.25) is 0 Å². The van der Waals surface area contributed by atoms with Gasteiger partial charge in [0, 0.05) is 12.2 Å². The van der Waals surface area contributed by atoms with Gasteiger partial charge in [0.1, 0.15) is 10.7 Å². The van der Waals surface area contributed by atoms with Crippen LogP contribution in [0.5, 0.6) is 0 Å². The predicted molar refractivity (Wildman–Crippen MR) is 74.9 cm³/mol. The van der Waals surface area contributed by atoms with Gasteiger partial charge in [-0.1, -0.05) is 6.42 Å². The van der Waals surface area contributed by atoms with Gasteiger partial charge in [0.05, 0.1) is 0 Å². The Kier molecular flexibility index (Phi) is 3.46. The first-order valence-electron chi connectivity index (χ1n) is 7.00. The van der Waals surface area contributed by atoms with Gasteiger partial charge < -0.3 is 5.73 Å². The third kappa shape index (κ3) is 2.54. The third-order valence-corrected chi connectivity index (χ3v) is 6.10. The van der Waals surface area contributed by atoms with Crippen molar-refractivity contribution in [2.75, 3.05) is 12.3 Å². The fourth-order valence-electron chi connectivity index (χ4n) is 3.65. The fourth-order valence-corrected chi connectivity index (χ4v) is 4.85.